The van der Waals surface area contributed by atoms with Crippen LogP contribution in [0.2, 0.25) is 0 Å². The minimum Gasteiger partial charge on any atom is -0.378 e. The number of hydrogen-bond donors (Lipinski definition) is 1. The van der Waals surface area contributed by atoms with Crippen LogP contribution in [-0.4, -0.2) is 49.1 Å². The quantitative estimate of drug-likeness (QED) is 0.330. The molecule has 0 unspecified atom stereocenters. The van der Waals surface area contributed by atoms with Crippen molar-refractivity contribution in [3.05, 3.63) is 71.0 Å². The van der Waals surface area contributed by atoms with E-state index in [1.54, 1.807) is 4.90 Å². The van der Waals surface area contributed by atoms with Crippen LogP contribution in [0.1, 0.15) is 65.9 Å². The van der Waals surface area contributed by atoms with Crippen LogP contribution >= 0.6 is 0 Å². The molecule has 37 heavy (non-hydrogen) atoms. The van der Waals surface area contributed by atoms with Crippen molar-refractivity contribution in [2.24, 2.45) is 5.92 Å². The van der Waals surface area contributed by atoms with E-state index < -0.39 is 23.7 Å². The summed E-state index contributed by atoms with van der Waals surface area (Å²) in [5.41, 5.74) is 0.421. The average molecular weight is 521 g/mol. The molecule has 2 fully saturated rings. The third-order valence-electron chi connectivity index (χ3n) is 7.19. The summed E-state index contributed by atoms with van der Waals surface area (Å²) in [4.78, 5) is 27.6. The zero-order chi connectivity index (χ0) is 26.4. The minimum absolute atomic E-state index is 0.0772. The third-order valence-corrected chi connectivity index (χ3v) is 7.19. The second-order valence-electron chi connectivity index (χ2n) is 9.83. The molecule has 1 saturated carbocycles. The number of benzene rings is 2. The Bertz CT molecular complexity index is 1050. The SMILES string of the molecule is O=C(N[C@@H](CCCCC[C@H]1C[C@@H]1c1ccc(F)cc1)C(=O)N1CCOCC1)c1ccc(C(F)(F)F)cc1. The van der Waals surface area contributed by atoms with Gasteiger partial charge in [-0.05, 0) is 73.1 Å². The van der Waals surface area contributed by atoms with Crippen molar-refractivity contribution in [3.8, 4) is 0 Å². The zero-order valence-electron chi connectivity index (χ0n) is 20.6. The maximum absolute atomic E-state index is 13.1. The van der Waals surface area contributed by atoms with Gasteiger partial charge in [0.15, 0.2) is 0 Å². The highest BCUT2D eigenvalue weighted by atomic mass is 19.4. The molecule has 2 amide bonds. The van der Waals surface area contributed by atoms with Crippen molar-refractivity contribution in [1.82, 2.24) is 10.2 Å². The van der Waals surface area contributed by atoms with E-state index >= 15 is 0 Å². The number of rotatable bonds is 10. The Kier molecular flexibility index (Phi) is 8.84. The van der Waals surface area contributed by atoms with E-state index in [-0.39, 0.29) is 17.3 Å². The molecule has 2 aromatic rings. The Labute approximate surface area is 214 Å². The lowest BCUT2D eigenvalue weighted by molar-refractivity contribution is -0.138. The summed E-state index contributed by atoms with van der Waals surface area (Å²) < 4.78 is 57.0. The highest BCUT2D eigenvalue weighted by molar-refractivity contribution is 5.97. The number of nitrogens with zero attached hydrogens (tertiary/aromatic N) is 1. The molecule has 200 valence electrons. The fraction of sp³-hybridized carbons (Fsp3) is 0.500. The number of carbonyl (C=O) groups is 2. The lowest BCUT2D eigenvalue weighted by atomic mass is 10.0. The van der Waals surface area contributed by atoms with Crippen molar-refractivity contribution in [2.45, 2.75) is 56.7 Å². The molecule has 2 aromatic carbocycles. The number of morpholine rings is 1. The number of ether oxygens (including phenoxy) is 1. The topological polar surface area (TPSA) is 58.6 Å². The van der Waals surface area contributed by atoms with Gasteiger partial charge in [-0.25, -0.2) is 4.39 Å². The molecule has 0 spiro atoms. The molecule has 1 aliphatic heterocycles. The average Bonchev–Trinajstić information content (AvgIpc) is 3.67. The highest BCUT2D eigenvalue weighted by Gasteiger charge is 2.37. The second kappa shape index (κ2) is 12.1. The van der Waals surface area contributed by atoms with Crippen LogP contribution in [0.25, 0.3) is 0 Å². The summed E-state index contributed by atoms with van der Waals surface area (Å²) in [5.74, 6) is 0.0880. The number of hydrogen-bond acceptors (Lipinski definition) is 3. The van der Waals surface area contributed by atoms with Crippen LogP contribution in [0.5, 0.6) is 0 Å². The number of alkyl halides is 3. The van der Waals surface area contributed by atoms with Gasteiger partial charge in [0.25, 0.3) is 5.91 Å². The second-order valence-corrected chi connectivity index (χ2v) is 9.83. The van der Waals surface area contributed by atoms with E-state index in [1.807, 2.05) is 12.1 Å². The van der Waals surface area contributed by atoms with Crippen LogP contribution in [0, 0.1) is 11.7 Å². The first-order valence-corrected chi connectivity index (χ1v) is 12.8. The highest BCUT2D eigenvalue weighted by Crippen LogP contribution is 2.50. The summed E-state index contributed by atoms with van der Waals surface area (Å²) in [5, 5.41) is 2.75. The zero-order valence-corrected chi connectivity index (χ0v) is 20.6. The Hall–Kier alpha value is -2.94. The molecule has 0 bridgehead atoms. The smallest absolute Gasteiger partial charge is 0.378 e. The number of carbonyl (C=O) groups excluding carboxylic acids is 2. The molecule has 1 saturated heterocycles. The van der Waals surface area contributed by atoms with Gasteiger partial charge in [0, 0.05) is 18.7 Å². The van der Waals surface area contributed by atoms with E-state index in [9.17, 15) is 27.2 Å². The van der Waals surface area contributed by atoms with Gasteiger partial charge in [-0.3, -0.25) is 9.59 Å². The number of unbranched alkanes of at least 4 members (excludes halogenated alkanes) is 2. The predicted molar refractivity (Wildman–Crippen MR) is 130 cm³/mol. The molecule has 2 aliphatic rings. The van der Waals surface area contributed by atoms with E-state index in [0.29, 0.717) is 44.6 Å². The summed E-state index contributed by atoms with van der Waals surface area (Å²) in [6.45, 7) is 1.75. The maximum Gasteiger partial charge on any atom is 0.416 e. The van der Waals surface area contributed by atoms with Gasteiger partial charge in [0.2, 0.25) is 5.91 Å². The van der Waals surface area contributed by atoms with Gasteiger partial charge < -0.3 is 15.0 Å². The normalized spacial score (nSPS) is 20.4. The molecule has 1 heterocycles. The van der Waals surface area contributed by atoms with Gasteiger partial charge in [-0.15, -0.1) is 0 Å². The van der Waals surface area contributed by atoms with Gasteiger partial charge in [0.1, 0.15) is 11.9 Å². The largest absolute Gasteiger partial charge is 0.416 e. The predicted octanol–water partition coefficient (Wildman–Crippen LogP) is 5.56. The monoisotopic (exact) mass is 520 g/mol. The number of halogens is 4. The van der Waals surface area contributed by atoms with Gasteiger partial charge in [-0.1, -0.05) is 31.4 Å². The van der Waals surface area contributed by atoms with E-state index in [2.05, 4.69) is 5.32 Å². The van der Waals surface area contributed by atoms with Gasteiger partial charge >= 0.3 is 6.18 Å². The standard InChI is InChI=1S/C28H32F4N2O3/c29-23-12-8-19(9-13-23)24-18-21(24)4-2-1-3-5-25(27(36)34-14-16-37-17-15-34)33-26(35)20-6-10-22(11-7-20)28(30,31)32/h6-13,21,24-25H,1-5,14-18H2,(H,33,35)/t21-,24+,25-/m0/s1. The first-order chi connectivity index (χ1) is 17.7. The molecule has 3 atom stereocenters. The number of amides is 2. The van der Waals surface area contributed by atoms with Crippen LogP contribution in [0.15, 0.2) is 48.5 Å². The number of nitrogens with one attached hydrogen (secondary N) is 1. The molecule has 1 N–H and O–H groups in total. The molecule has 5 nitrogen and oxygen atoms in total. The minimum atomic E-state index is -4.48. The fourth-order valence-electron chi connectivity index (χ4n) is 4.93. The van der Waals surface area contributed by atoms with Crippen molar-refractivity contribution in [1.29, 1.82) is 0 Å². The third kappa shape index (κ3) is 7.53. The summed E-state index contributed by atoms with van der Waals surface area (Å²) in [6, 6.07) is 9.92. The van der Waals surface area contributed by atoms with Crippen LogP contribution in [-0.2, 0) is 15.7 Å². The Morgan fingerprint density at radius 2 is 1.65 bits per heavy atom. The van der Waals surface area contributed by atoms with Crippen LogP contribution in [0.4, 0.5) is 17.6 Å². The summed E-state index contributed by atoms with van der Waals surface area (Å²) >= 11 is 0. The van der Waals surface area contributed by atoms with Crippen LogP contribution < -0.4 is 5.32 Å². The lowest BCUT2D eigenvalue weighted by Gasteiger charge is -2.31. The lowest BCUT2D eigenvalue weighted by Crippen LogP contribution is -2.51. The molecule has 9 heteroatoms. The van der Waals surface area contributed by atoms with Gasteiger partial charge in [0.05, 0.1) is 18.8 Å². The van der Waals surface area contributed by atoms with E-state index in [4.69, 9.17) is 4.74 Å². The van der Waals surface area contributed by atoms with Gasteiger partial charge in [-0.2, -0.15) is 13.2 Å². The van der Waals surface area contributed by atoms with Crippen LogP contribution in [0.3, 0.4) is 0 Å². The molecule has 1 aliphatic carbocycles. The van der Waals surface area contributed by atoms with Crippen molar-refractivity contribution in [2.75, 3.05) is 26.3 Å². The molecule has 0 aromatic heterocycles. The molecular formula is C28H32F4N2O3. The Balaban J connectivity index is 1.28. The van der Waals surface area contributed by atoms with Crippen molar-refractivity contribution < 1.29 is 31.9 Å². The van der Waals surface area contributed by atoms with Crippen molar-refractivity contribution >= 4 is 11.8 Å². The summed E-state index contributed by atoms with van der Waals surface area (Å²) in [6.07, 6.45) is 0.762. The van der Waals surface area contributed by atoms with E-state index in [1.165, 1.54) is 17.7 Å². The summed E-state index contributed by atoms with van der Waals surface area (Å²) in [7, 11) is 0. The van der Waals surface area contributed by atoms with E-state index in [0.717, 1.165) is 56.4 Å². The first kappa shape index (κ1) is 27.1. The molecule has 0 radical (unpaired) electrons. The Morgan fingerprint density at radius 1 is 0.973 bits per heavy atom. The molecule has 4 rings (SSSR count). The first-order valence-electron chi connectivity index (χ1n) is 12.8. The maximum atomic E-state index is 13.1. The molecular weight excluding hydrogens is 488 g/mol. The Morgan fingerprint density at radius 3 is 2.30 bits per heavy atom. The fourth-order valence-corrected chi connectivity index (χ4v) is 4.93. The van der Waals surface area contributed by atoms with Crippen molar-refractivity contribution in [3.63, 3.8) is 0 Å².